The Morgan fingerprint density at radius 2 is 1.81 bits per heavy atom. The third-order valence-corrected chi connectivity index (χ3v) is 4.00. The van der Waals surface area contributed by atoms with Crippen LogP contribution in [0.4, 0.5) is 4.39 Å². The fourth-order valence-electron chi connectivity index (χ4n) is 2.75. The molecule has 0 aliphatic carbocycles. The molecule has 0 atom stereocenters. The summed E-state index contributed by atoms with van der Waals surface area (Å²) in [5, 5.41) is -0.0689. The molecule has 1 N–H and O–H groups in total. The van der Waals surface area contributed by atoms with Gasteiger partial charge in [0.15, 0.2) is 11.5 Å². The number of nitrogens with one attached hydrogen (secondary N) is 1. The standard InChI is InChI=1S/C19H13FN2O4/c1-11-21-18(23)15(8-12-2-7-16-17(9-12)26-10-25-16)19(24)22(11)14-5-3-13(20)4-6-14/h2-9H,1,10H2,(H,21,23)/b15-8+. The van der Waals surface area contributed by atoms with Crippen LogP contribution < -0.4 is 31.3 Å². The van der Waals surface area contributed by atoms with E-state index in [1.54, 1.807) is 18.2 Å². The van der Waals surface area contributed by atoms with Crippen LogP contribution in [0.15, 0.2) is 52.1 Å². The van der Waals surface area contributed by atoms with Crippen LogP contribution in [0.25, 0.3) is 18.3 Å². The molecule has 2 heterocycles. The average molecular weight is 352 g/mol. The topological polar surface area (TPSA) is 73.3 Å². The molecule has 0 saturated carbocycles. The number of hydrogen-bond donors (Lipinski definition) is 1. The quantitative estimate of drug-likeness (QED) is 0.734. The van der Waals surface area contributed by atoms with Gasteiger partial charge in [-0.1, -0.05) is 12.6 Å². The normalized spacial score (nSPS) is 13.2. The van der Waals surface area contributed by atoms with Crippen molar-refractivity contribution in [2.24, 2.45) is 0 Å². The van der Waals surface area contributed by atoms with Gasteiger partial charge in [-0.2, -0.15) is 0 Å². The van der Waals surface area contributed by atoms with Crippen LogP contribution in [0, 0.1) is 5.82 Å². The third-order valence-electron chi connectivity index (χ3n) is 4.00. The summed E-state index contributed by atoms with van der Waals surface area (Å²) in [5.41, 5.74) is 0.00537. The predicted molar refractivity (Wildman–Crippen MR) is 93.5 cm³/mol. The van der Waals surface area contributed by atoms with E-state index in [1.807, 2.05) is 0 Å². The molecule has 1 aromatic heterocycles. The molecule has 0 unspecified atom stereocenters. The van der Waals surface area contributed by atoms with Gasteiger partial charge in [0.1, 0.15) is 16.5 Å². The predicted octanol–water partition coefficient (Wildman–Crippen LogP) is 0.633. The lowest BCUT2D eigenvalue weighted by Crippen LogP contribution is -2.52. The van der Waals surface area contributed by atoms with E-state index in [0.717, 1.165) is 0 Å². The van der Waals surface area contributed by atoms with Crippen molar-refractivity contribution in [3.8, 4) is 17.2 Å². The van der Waals surface area contributed by atoms with E-state index in [0.29, 0.717) is 22.7 Å². The Kier molecular flexibility index (Phi) is 3.69. The molecule has 0 spiro atoms. The van der Waals surface area contributed by atoms with Gasteiger partial charge in [0.2, 0.25) is 6.79 Å². The van der Waals surface area contributed by atoms with Crippen molar-refractivity contribution in [2.75, 3.05) is 6.79 Å². The molecular formula is C19H13FN2O4. The van der Waals surface area contributed by atoms with Gasteiger partial charge in [-0.25, -0.2) is 4.39 Å². The lowest BCUT2D eigenvalue weighted by Gasteiger charge is -2.06. The van der Waals surface area contributed by atoms with Gasteiger partial charge in [-0.05, 0) is 48.0 Å². The summed E-state index contributed by atoms with van der Waals surface area (Å²) in [4.78, 5) is 27.7. The summed E-state index contributed by atoms with van der Waals surface area (Å²) in [6.07, 6.45) is 1.46. The molecule has 0 radical (unpaired) electrons. The molecule has 0 fully saturated rings. The number of ether oxygens (including phenoxy) is 2. The highest BCUT2D eigenvalue weighted by atomic mass is 19.1. The van der Waals surface area contributed by atoms with Gasteiger partial charge in [0, 0.05) is 0 Å². The number of nitrogens with zero attached hydrogens (tertiary/aromatic N) is 1. The van der Waals surface area contributed by atoms with Crippen molar-refractivity contribution in [2.45, 2.75) is 0 Å². The van der Waals surface area contributed by atoms with E-state index in [2.05, 4.69) is 11.6 Å². The minimum Gasteiger partial charge on any atom is -0.454 e. The Balaban J connectivity index is 1.94. The molecule has 4 rings (SSSR count). The number of fused-ring (bicyclic) bond motifs is 1. The SMILES string of the molecule is C=c1[nH]c(=O)/c(=C\c2ccc3c(c2)OCO3)c(=O)n1-c1ccc(F)cc1. The summed E-state index contributed by atoms with van der Waals surface area (Å²) < 4.78 is 24.9. The maximum absolute atomic E-state index is 13.2. The van der Waals surface area contributed by atoms with Gasteiger partial charge < -0.3 is 14.5 Å². The smallest absolute Gasteiger partial charge is 0.269 e. The molecular weight excluding hydrogens is 339 g/mol. The summed E-state index contributed by atoms with van der Waals surface area (Å²) >= 11 is 0. The highest BCUT2D eigenvalue weighted by Gasteiger charge is 2.13. The lowest BCUT2D eigenvalue weighted by molar-refractivity contribution is 0.174. The minimum atomic E-state index is -0.559. The zero-order valence-electron chi connectivity index (χ0n) is 13.5. The summed E-state index contributed by atoms with van der Waals surface area (Å²) in [6.45, 7) is 3.83. The van der Waals surface area contributed by atoms with Gasteiger partial charge in [-0.3, -0.25) is 14.2 Å². The minimum absolute atomic E-state index is 0.0689. The van der Waals surface area contributed by atoms with Crippen LogP contribution in [-0.2, 0) is 0 Å². The van der Waals surface area contributed by atoms with Gasteiger partial charge in [-0.15, -0.1) is 0 Å². The van der Waals surface area contributed by atoms with Crippen molar-refractivity contribution in [1.29, 1.82) is 0 Å². The molecule has 2 aromatic carbocycles. The third kappa shape index (κ3) is 2.69. The molecule has 3 aromatic rings. The first-order chi connectivity index (χ1) is 12.5. The van der Waals surface area contributed by atoms with Crippen molar-refractivity contribution in [3.05, 3.63) is 85.3 Å². The number of H-pyrrole nitrogens is 1. The largest absolute Gasteiger partial charge is 0.454 e. The molecule has 130 valence electrons. The molecule has 0 amide bonds. The molecule has 0 saturated heterocycles. The van der Waals surface area contributed by atoms with E-state index < -0.39 is 16.9 Å². The zero-order valence-corrected chi connectivity index (χ0v) is 13.5. The average Bonchev–Trinajstić information content (AvgIpc) is 3.08. The second kappa shape index (κ2) is 6.03. The van der Waals surface area contributed by atoms with Gasteiger partial charge in [0.25, 0.3) is 11.1 Å². The fraction of sp³-hybridized carbons (Fsp3) is 0.0526. The Labute approximate surface area is 146 Å². The molecule has 26 heavy (non-hydrogen) atoms. The number of hydrogen-bond acceptors (Lipinski definition) is 4. The first kappa shape index (κ1) is 15.9. The molecule has 1 aliphatic heterocycles. The Morgan fingerprint density at radius 3 is 2.58 bits per heavy atom. The number of aromatic amines is 1. The monoisotopic (exact) mass is 352 g/mol. The maximum Gasteiger partial charge on any atom is 0.269 e. The van der Waals surface area contributed by atoms with E-state index in [9.17, 15) is 14.0 Å². The summed E-state index contributed by atoms with van der Waals surface area (Å²) in [7, 11) is 0. The molecule has 7 heteroatoms. The Hall–Kier alpha value is -3.61. The number of rotatable bonds is 2. The van der Waals surface area contributed by atoms with Crippen LogP contribution in [0.3, 0.4) is 0 Å². The second-order valence-electron chi connectivity index (χ2n) is 5.69. The van der Waals surface area contributed by atoms with Gasteiger partial charge in [0.05, 0.1) is 5.69 Å². The van der Waals surface area contributed by atoms with Crippen LogP contribution >= 0.6 is 0 Å². The van der Waals surface area contributed by atoms with E-state index in [1.165, 1.54) is 34.9 Å². The van der Waals surface area contributed by atoms with Crippen molar-refractivity contribution in [1.82, 2.24) is 9.55 Å². The van der Waals surface area contributed by atoms with Gasteiger partial charge >= 0.3 is 0 Å². The fourth-order valence-corrected chi connectivity index (χ4v) is 2.75. The molecule has 6 nitrogen and oxygen atoms in total. The highest BCUT2D eigenvalue weighted by Crippen LogP contribution is 2.32. The second-order valence-corrected chi connectivity index (χ2v) is 5.69. The summed E-state index contributed by atoms with van der Waals surface area (Å²) in [5.74, 6) is 0.722. The van der Waals surface area contributed by atoms with Crippen LogP contribution in [0.2, 0.25) is 0 Å². The van der Waals surface area contributed by atoms with E-state index in [4.69, 9.17) is 9.47 Å². The summed E-state index contributed by atoms with van der Waals surface area (Å²) in [6, 6.07) is 10.4. The molecule has 0 bridgehead atoms. The Morgan fingerprint density at radius 1 is 1.08 bits per heavy atom. The van der Waals surface area contributed by atoms with Crippen LogP contribution in [0.1, 0.15) is 5.56 Å². The molecule has 1 aliphatic rings. The highest BCUT2D eigenvalue weighted by molar-refractivity contribution is 5.56. The number of aromatic nitrogens is 2. The maximum atomic E-state index is 13.2. The van der Waals surface area contributed by atoms with Crippen molar-refractivity contribution < 1.29 is 13.9 Å². The van der Waals surface area contributed by atoms with E-state index in [-0.39, 0.29) is 17.5 Å². The van der Waals surface area contributed by atoms with Crippen molar-refractivity contribution in [3.63, 3.8) is 0 Å². The van der Waals surface area contributed by atoms with E-state index >= 15 is 0 Å². The number of benzene rings is 2. The zero-order chi connectivity index (χ0) is 18.3. The van der Waals surface area contributed by atoms with Crippen LogP contribution in [0.5, 0.6) is 11.5 Å². The Bertz CT molecular complexity index is 1230. The number of halogens is 1. The first-order valence-electron chi connectivity index (χ1n) is 7.74. The van der Waals surface area contributed by atoms with Crippen molar-refractivity contribution >= 4 is 12.7 Å². The first-order valence-corrected chi connectivity index (χ1v) is 7.74. The van der Waals surface area contributed by atoms with Crippen LogP contribution in [-0.4, -0.2) is 16.3 Å². The lowest BCUT2D eigenvalue weighted by atomic mass is 10.1.